The normalized spacial score (nSPS) is 23.4. The summed E-state index contributed by atoms with van der Waals surface area (Å²) in [5.74, 6) is -5.34. The fourth-order valence-electron chi connectivity index (χ4n) is 3.20. The molecule has 0 aromatic heterocycles. The first kappa shape index (κ1) is 20.2. The highest BCUT2D eigenvalue weighted by Gasteiger charge is 2.53. The molecule has 0 radical (unpaired) electrons. The molecule has 144 valence electrons. The topological polar surface area (TPSA) is 69.6 Å². The number of amides is 1. The Bertz CT molecular complexity index is 636. The Hall–Kier alpha value is -2.09. The molecule has 1 amide bonds. The molecular weight excluding hydrogens is 349 g/mol. The number of nitrogens with one attached hydrogen (secondary N) is 1. The predicted octanol–water partition coefficient (Wildman–Crippen LogP) is 2.49. The number of nitrogens with zero attached hydrogens (tertiary/aromatic N) is 1. The number of carbonyl (C=O) groups excluding carboxylic acids is 1. The number of carboxylic acids is 1. The van der Waals surface area contributed by atoms with Gasteiger partial charge in [-0.15, -0.1) is 0 Å². The molecule has 8 heteroatoms. The van der Waals surface area contributed by atoms with Crippen LogP contribution in [0.15, 0.2) is 30.3 Å². The van der Waals surface area contributed by atoms with Gasteiger partial charge in [0.05, 0.1) is 17.9 Å². The van der Waals surface area contributed by atoms with Gasteiger partial charge in [0.1, 0.15) is 0 Å². The minimum Gasteiger partial charge on any atom is -0.481 e. The number of hydrogen-bond acceptors (Lipinski definition) is 3. The lowest BCUT2D eigenvalue weighted by atomic mass is 9.96. The average molecular weight is 372 g/mol. The van der Waals surface area contributed by atoms with Crippen LogP contribution in [0.4, 0.5) is 13.2 Å². The van der Waals surface area contributed by atoms with Crippen molar-refractivity contribution in [3.05, 3.63) is 35.9 Å². The first-order chi connectivity index (χ1) is 12.1. The molecule has 0 saturated carbocycles. The quantitative estimate of drug-likeness (QED) is 0.805. The van der Waals surface area contributed by atoms with E-state index in [9.17, 15) is 22.8 Å². The standard InChI is InChI=1S/C18H23F3N2O3/c1-11(13-6-4-3-5-7-13)8-22-16(24)12(2)23-9-14(17(25)26)15(10-23)18(19,20)21/h3-7,11-12,14-15H,8-10H2,1-2H3,(H,22,24)(H,25,26)/t11?,12?,14-,15-/m1/s1. The van der Waals surface area contributed by atoms with Crippen LogP contribution in [0.5, 0.6) is 0 Å². The van der Waals surface area contributed by atoms with Crippen molar-refractivity contribution in [2.75, 3.05) is 19.6 Å². The monoisotopic (exact) mass is 372 g/mol. The molecule has 5 nitrogen and oxygen atoms in total. The Labute approximate surface area is 150 Å². The van der Waals surface area contributed by atoms with E-state index in [1.54, 1.807) is 0 Å². The number of carboxylic acid groups (broad SMARTS) is 1. The van der Waals surface area contributed by atoms with E-state index < -0.39 is 42.5 Å². The SMILES string of the molecule is CC(CNC(=O)C(C)N1C[C@@H](C(F)(F)F)[C@H](C(=O)O)C1)c1ccccc1. The number of aliphatic carboxylic acids is 1. The van der Waals surface area contributed by atoms with Gasteiger partial charge in [0, 0.05) is 19.6 Å². The second-order valence-corrected chi connectivity index (χ2v) is 6.78. The van der Waals surface area contributed by atoms with Crippen molar-refractivity contribution in [2.24, 2.45) is 11.8 Å². The smallest absolute Gasteiger partial charge is 0.393 e. The lowest BCUT2D eigenvalue weighted by Crippen LogP contribution is -2.45. The van der Waals surface area contributed by atoms with Crippen LogP contribution in [0.1, 0.15) is 25.3 Å². The van der Waals surface area contributed by atoms with E-state index in [1.807, 2.05) is 37.3 Å². The summed E-state index contributed by atoms with van der Waals surface area (Å²) in [5.41, 5.74) is 1.05. The number of alkyl halides is 3. The van der Waals surface area contributed by atoms with Crippen LogP contribution in [0, 0.1) is 11.8 Å². The number of benzene rings is 1. The number of rotatable bonds is 6. The van der Waals surface area contributed by atoms with Crippen LogP contribution in [-0.4, -0.2) is 53.7 Å². The van der Waals surface area contributed by atoms with Gasteiger partial charge in [-0.1, -0.05) is 37.3 Å². The largest absolute Gasteiger partial charge is 0.481 e. The van der Waals surface area contributed by atoms with Gasteiger partial charge in [-0.05, 0) is 18.4 Å². The molecule has 26 heavy (non-hydrogen) atoms. The molecule has 0 bridgehead atoms. The minimum absolute atomic E-state index is 0.0561. The molecule has 0 aliphatic carbocycles. The van der Waals surface area contributed by atoms with Crippen LogP contribution in [-0.2, 0) is 9.59 Å². The molecular formula is C18H23F3N2O3. The molecule has 1 aromatic carbocycles. The van der Waals surface area contributed by atoms with Crippen molar-refractivity contribution in [1.82, 2.24) is 10.2 Å². The second-order valence-electron chi connectivity index (χ2n) is 6.78. The Kier molecular flexibility index (Phi) is 6.28. The van der Waals surface area contributed by atoms with Gasteiger partial charge in [-0.25, -0.2) is 0 Å². The second kappa shape index (κ2) is 8.07. The van der Waals surface area contributed by atoms with Crippen molar-refractivity contribution in [3.8, 4) is 0 Å². The summed E-state index contributed by atoms with van der Waals surface area (Å²) in [6.07, 6.45) is -4.60. The van der Waals surface area contributed by atoms with E-state index >= 15 is 0 Å². The zero-order valence-electron chi connectivity index (χ0n) is 14.7. The van der Waals surface area contributed by atoms with Gasteiger partial charge in [0.2, 0.25) is 5.91 Å². The highest BCUT2D eigenvalue weighted by atomic mass is 19.4. The lowest BCUT2D eigenvalue weighted by Gasteiger charge is -2.24. The van der Waals surface area contributed by atoms with Gasteiger partial charge in [-0.2, -0.15) is 13.2 Å². The van der Waals surface area contributed by atoms with Crippen LogP contribution in [0.3, 0.4) is 0 Å². The maximum absolute atomic E-state index is 13.1. The summed E-state index contributed by atoms with van der Waals surface area (Å²) in [6, 6.07) is 8.72. The van der Waals surface area contributed by atoms with E-state index in [-0.39, 0.29) is 12.5 Å². The summed E-state index contributed by atoms with van der Waals surface area (Å²) in [6.45, 7) is 3.02. The van der Waals surface area contributed by atoms with Gasteiger partial charge in [0.15, 0.2) is 0 Å². The van der Waals surface area contributed by atoms with Crippen molar-refractivity contribution in [1.29, 1.82) is 0 Å². The molecule has 1 aromatic rings. The molecule has 2 unspecified atom stereocenters. The van der Waals surface area contributed by atoms with E-state index in [0.29, 0.717) is 6.54 Å². The van der Waals surface area contributed by atoms with Crippen LogP contribution < -0.4 is 5.32 Å². The Morgan fingerprint density at radius 2 is 1.85 bits per heavy atom. The van der Waals surface area contributed by atoms with Crippen LogP contribution >= 0.6 is 0 Å². The fraction of sp³-hybridized carbons (Fsp3) is 0.556. The van der Waals surface area contributed by atoms with E-state index in [2.05, 4.69) is 5.32 Å². The fourth-order valence-corrected chi connectivity index (χ4v) is 3.20. The lowest BCUT2D eigenvalue weighted by molar-refractivity contribution is -0.188. The zero-order chi connectivity index (χ0) is 19.5. The van der Waals surface area contributed by atoms with Gasteiger partial charge in [0.25, 0.3) is 0 Å². The van der Waals surface area contributed by atoms with Gasteiger partial charge < -0.3 is 10.4 Å². The first-order valence-electron chi connectivity index (χ1n) is 8.47. The molecule has 1 fully saturated rings. The molecule has 1 aliphatic rings. The number of halogens is 3. The van der Waals surface area contributed by atoms with E-state index in [4.69, 9.17) is 5.11 Å². The third-order valence-corrected chi connectivity index (χ3v) is 4.96. The van der Waals surface area contributed by atoms with Crippen LogP contribution in [0.25, 0.3) is 0 Å². The highest BCUT2D eigenvalue weighted by Crippen LogP contribution is 2.38. The molecule has 1 aliphatic heterocycles. The summed E-state index contributed by atoms with van der Waals surface area (Å²) in [4.78, 5) is 24.7. The number of carbonyl (C=O) groups is 2. The Morgan fingerprint density at radius 3 is 2.35 bits per heavy atom. The van der Waals surface area contributed by atoms with Gasteiger partial charge in [-0.3, -0.25) is 14.5 Å². The maximum Gasteiger partial charge on any atom is 0.393 e. The third-order valence-electron chi connectivity index (χ3n) is 4.96. The van der Waals surface area contributed by atoms with Crippen LogP contribution in [0.2, 0.25) is 0 Å². The summed E-state index contributed by atoms with van der Waals surface area (Å²) in [5, 5.41) is 11.8. The van der Waals surface area contributed by atoms with Crippen molar-refractivity contribution in [2.45, 2.75) is 32.0 Å². The van der Waals surface area contributed by atoms with Gasteiger partial charge >= 0.3 is 12.1 Å². The van der Waals surface area contributed by atoms with Crippen molar-refractivity contribution in [3.63, 3.8) is 0 Å². The average Bonchev–Trinajstić information content (AvgIpc) is 3.05. The maximum atomic E-state index is 13.1. The highest BCUT2D eigenvalue weighted by molar-refractivity contribution is 5.81. The number of likely N-dealkylation sites (tertiary alicyclic amines) is 1. The van der Waals surface area contributed by atoms with E-state index in [1.165, 1.54) is 11.8 Å². The summed E-state index contributed by atoms with van der Waals surface area (Å²) < 4.78 is 39.2. The predicted molar refractivity (Wildman–Crippen MR) is 89.6 cm³/mol. The molecule has 2 rings (SSSR count). The molecule has 0 spiro atoms. The Morgan fingerprint density at radius 1 is 1.23 bits per heavy atom. The third kappa shape index (κ3) is 4.75. The number of hydrogen-bond donors (Lipinski definition) is 2. The van der Waals surface area contributed by atoms with Crippen molar-refractivity contribution < 1.29 is 27.9 Å². The molecule has 1 saturated heterocycles. The molecule has 4 atom stereocenters. The Balaban J connectivity index is 1.94. The first-order valence-corrected chi connectivity index (χ1v) is 8.47. The molecule has 2 N–H and O–H groups in total. The summed E-state index contributed by atoms with van der Waals surface area (Å²) in [7, 11) is 0. The minimum atomic E-state index is -4.60. The van der Waals surface area contributed by atoms with E-state index in [0.717, 1.165) is 5.56 Å². The summed E-state index contributed by atoms with van der Waals surface area (Å²) >= 11 is 0. The molecule has 1 heterocycles. The zero-order valence-corrected chi connectivity index (χ0v) is 14.7. The van der Waals surface area contributed by atoms with Crippen molar-refractivity contribution >= 4 is 11.9 Å².